The minimum atomic E-state index is 0.982. The average Bonchev–Trinajstić information content (AvgIpc) is 2.22. The number of hydrogen-bond donors (Lipinski definition) is 0. The molecule has 0 aliphatic carbocycles. The summed E-state index contributed by atoms with van der Waals surface area (Å²) in [7, 11) is 1.99. The highest BCUT2D eigenvalue weighted by atomic mass is 15.3. The number of fused-ring (bicyclic) bond motifs is 1. The molecule has 2 nitrogen and oxygen atoms in total. The quantitative estimate of drug-likeness (QED) is 0.463. The van der Waals surface area contributed by atoms with Crippen LogP contribution in [-0.2, 0) is 0 Å². The fraction of sp³-hybridized carbons (Fsp3) is 0.286. The van der Waals surface area contributed by atoms with E-state index in [2.05, 4.69) is 29.9 Å². The van der Waals surface area contributed by atoms with Gasteiger partial charge in [0.25, 0.3) is 0 Å². The van der Waals surface area contributed by atoms with E-state index in [-0.39, 0.29) is 0 Å². The molecule has 2 radical (unpaired) electrons. The van der Waals surface area contributed by atoms with E-state index in [0.717, 1.165) is 6.54 Å². The molecule has 0 saturated carbocycles. The summed E-state index contributed by atoms with van der Waals surface area (Å²) < 4.78 is 0. The molecule has 2 aliphatic heterocycles. The van der Waals surface area contributed by atoms with Crippen LogP contribution in [0.1, 0.15) is 0 Å². The SMILES string of the molecule is CN1[C]N2CC=CC2=C1. The van der Waals surface area contributed by atoms with Crippen molar-refractivity contribution in [3.05, 3.63) is 30.7 Å². The Labute approximate surface area is 55.1 Å². The van der Waals surface area contributed by atoms with Gasteiger partial charge in [-0.25, -0.2) is 0 Å². The summed E-state index contributed by atoms with van der Waals surface area (Å²) in [5.74, 6) is 0. The van der Waals surface area contributed by atoms with Gasteiger partial charge in [-0.3, -0.25) is 0 Å². The highest BCUT2D eigenvalue weighted by molar-refractivity contribution is 5.28. The van der Waals surface area contributed by atoms with E-state index in [0.29, 0.717) is 0 Å². The van der Waals surface area contributed by atoms with Crippen molar-refractivity contribution in [2.24, 2.45) is 0 Å². The lowest BCUT2D eigenvalue weighted by Gasteiger charge is -2.11. The predicted octanol–water partition coefficient (Wildman–Crippen LogP) is 0.641. The van der Waals surface area contributed by atoms with E-state index in [1.807, 2.05) is 11.9 Å². The Hall–Kier alpha value is -0.920. The van der Waals surface area contributed by atoms with Gasteiger partial charge < -0.3 is 9.80 Å². The molecule has 2 heteroatoms. The van der Waals surface area contributed by atoms with Gasteiger partial charge in [-0.2, -0.15) is 0 Å². The molecule has 0 aromatic carbocycles. The molecule has 0 fully saturated rings. The number of hydrogen-bond acceptors (Lipinski definition) is 2. The van der Waals surface area contributed by atoms with Gasteiger partial charge >= 0.3 is 0 Å². The zero-order valence-corrected chi connectivity index (χ0v) is 5.33. The summed E-state index contributed by atoms with van der Waals surface area (Å²) in [5.41, 5.74) is 1.25. The van der Waals surface area contributed by atoms with Gasteiger partial charge in [0.1, 0.15) is 0 Å². The third-order valence-electron chi connectivity index (χ3n) is 1.49. The maximum Gasteiger partial charge on any atom is 0.208 e. The molecule has 0 aromatic rings. The maximum absolute atomic E-state index is 3.13. The van der Waals surface area contributed by atoms with Crippen LogP contribution in [0.25, 0.3) is 0 Å². The molecule has 0 atom stereocenters. The van der Waals surface area contributed by atoms with Gasteiger partial charge in [-0.1, -0.05) is 6.08 Å². The first kappa shape index (κ1) is 4.91. The summed E-state index contributed by atoms with van der Waals surface area (Å²) in [5, 5.41) is 0. The minimum absolute atomic E-state index is 0.982. The van der Waals surface area contributed by atoms with E-state index >= 15 is 0 Å². The van der Waals surface area contributed by atoms with Crippen LogP contribution in [0.4, 0.5) is 0 Å². The average molecular weight is 120 g/mol. The van der Waals surface area contributed by atoms with E-state index in [1.54, 1.807) is 0 Å². The van der Waals surface area contributed by atoms with E-state index in [1.165, 1.54) is 5.70 Å². The summed E-state index contributed by atoms with van der Waals surface area (Å²) >= 11 is 0. The number of allylic oxidation sites excluding steroid dienone is 1. The summed E-state index contributed by atoms with van der Waals surface area (Å²) in [6, 6.07) is 0. The first-order chi connectivity index (χ1) is 4.36. The van der Waals surface area contributed by atoms with Crippen molar-refractivity contribution in [2.45, 2.75) is 0 Å². The van der Waals surface area contributed by atoms with Crippen LogP contribution in [0, 0.1) is 6.67 Å². The Balaban J connectivity index is 2.26. The molecule has 2 rings (SSSR count). The smallest absolute Gasteiger partial charge is 0.208 e. The lowest BCUT2D eigenvalue weighted by atomic mass is 10.5. The monoisotopic (exact) mass is 120 g/mol. The lowest BCUT2D eigenvalue weighted by molar-refractivity contribution is 0.406. The fourth-order valence-corrected chi connectivity index (χ4v) is 1.10. The maximum atomic E-state index is 3.13. The zero-order valence-electron chi connectivity index (χ0n) is 5.33. The molecule has 0 unspecified atom stereocenters. The standard InChI is InChI=1S/C7H8N2/c1-8-5-7-3-2-4-9(7)6-8/h2-3,5H,4H2,1H3. The summed E-state index contributed by atoms with van der Waals surface area (Å²) in [6.45, 7) is 4.11. The third-order valence-corrected chi connectivity index (χ3v) is 1.49. The van der Waals surface area contributed by atoms with E-state index in [4.69, 9.17) is 0 Å². The van der Waals surface area contributed by atoms with Crippen LogP contribution < -0.4 is 0 Å². The van der Waals surface area contributed by atoms with Crippen molar-refractivity contribution in [2.75, 3.05) is 13.6 Å². The largest absolute Gasteiger partial charge is 0.349 e. The van der Waals surface area contributed by atoms with Crippen molar-refractivity contribution in [3.8, 4) is 0 Å². The van der Waals surface area contributed by atoms with Gasteiger partial charge in [0.15, 0.2) is 0 Å². The molecule has 0 N–H and O–H groups in total. The second kappa shape index (κ2) is 1.53. The van der Waals surface area contributed by atoms with Crippen molar-refractivity contribution in [3.63, 3.8) is 0 Å². The summed E-state index contributed by atoms with van der Waals surface area (Å²) in [4.78, 5) is 4.03. The van der Waals surface area contributed by atoms with Gasteiger partial charge in [-0.15, -0.1) is 0 Å². The second-order valence-electron chi connectivity index (χ2n) is 2.28. The van der Waals surface area contributed by atoms with Crippen LogP contribution in [0.3, 0.4) is 0 Å². The normalized spacial score (nSPS) is 23.0. The van der Waals surface area contributed by atoms with Crippen molar-refractivity contribution >= 4 is 0 Å². The van der Waals surface area contributed by atoms with E-state index < -0.39 is 0 Å². The number of rotatable bonds is 0. The van der Waals surface area contributed by atoms with Crippen molar-refractivity contribution in [1.82, 2.24) is 9.80 Å². The molecular formula is C7H8N2. The van der Waals surface area contributed by atoms with Gasteiger partial charge in [0, 0.05) is 19.8 Å². The summed E-state index contributed by atoms with van der Waals surface area (Å²) in [6.07, 6.45) is 6.30. The van der Waals surface area contributed by atoms with Gasteiger partial charge in [0.2, 0.25) is 6.67 Å². The van der Waals surface area contributed by atoms with Crippen LogP contribution in [-0.4, -0.2) is 23.4 Å². The van der Waals surface area contributed by atoms with Crippen LogP contribution in [0.5, 0.6) is 0 Å². The van der Waals surface area contributed by atoms with Crippen LogP contribution in [0.2, 0.25) is 0 Å². The lowest BCUT2D eigenvalue weighted by Crippen LogP contribution is -2.15. The molecule has 0 saturated heterocycles. The van der Waals surface area contributed by atoms with E-state index in [9.17, 15) is 0 Å². The molecule has 2 heterocycles. The Morgan fingerprint density at radius 3 is 3.33 bits per heavy atom. The Morgan fingerprint density at radius 1 is 1.67 bits per heavy atom. The minimum Gasteiger partial charge on any atom is -0.349 e. The van der Waals surface area contributed by atoms with Crippen LogP contribution in [0.15, 0.2) is 24.0 Å². The Morgan fingerprint density at radius 2 is 2.56 bits per heavy atom. The van der Waals surface area contributed by atoms with Gasteiger partial charge in [0.05, 0.1) is 5.70 Å². The topological polar surface area (TPSA) is 6.48 Å². The molecule has 2 aliphatic rings. The zero-order chi connectivity index (χ0) is 6.27. The predicted molar refractivity (Wildman–Crippen MR) is 34.9 cm³/mol. The Bertz CT molecular complexity index is 181. The Kier molecular flexibility index (Phi) is 0.835. The molecule has 46 valence electrons. The van der Waals surface area contributed by atoms with Crippen LogP contribution >= 0.6 is 0 Å². The fourth-order valence-electron chi connectivity index (χ4n) is 1.10. The molecule has 0 spiro atoms. The first-order valence-corrected chi connectivity index (χ1v) is 3.01. The highest BCUT2D eigenvalue weighted by Crippen LogP contribution is 2.22. The molecule has 9 heavy (non-hydrogen) atoms. The third kappa shape index (κ3) is 0.626. The molecular weight excluding hydrogens is 112 g/mol. The molecule has 0 aromatic heterocycles. The highest BCUT2D eigenvalue weighted by Gasteiger charge is 2.20. The van der Waals surface area contributed by atoms with Crippen molar-refractivity contribution < 1.29 is 0 Å². The first-order valence-electron chi connectivity index (χ1n) is 3.01. The second-order valence-corrected chi connectivity index (χ2v) is 2.28. The molecule has 0 bridgehead atoms. The number of nitrogens with zero attached hydrogens (tertiary/aromatic N) is 2. The molecule has 0 amide bonds. The van der Waals surface area contributed by atoms with Gasteiger partial charge in [-0.05, 0) is 6.08 Å². The van der Waals surface area contributed by atoms with Crippen molar-refractivity contribution in [1.29, 1.82) is 0 Å².